The Kier molecular flexibility index (Phi) is 5.69. The number of fused-ring (bicyclic) bond motifs is 1. The molecule has 3 aromatic rings. The summed E-state index contributed by atoms with van der Waals surface area (Å²) < 4.78 is 29.8. The van der Waals surface area contributed by atoms with Gasteiger partial charge in [-0.1, -0.05) is 42.8 Å². The lowest BCUT2D eigenvalue weighted by Gasteiger charge is -2.28. The molecule has 1 aliphatic heterocycles. The van der Waals surface area contributed by atoms with Gasteiger partial charge in [-0.2, -0.15) is 0 Å². The molecule has 5 nitrogen and oxygen atoms in total. The Balaban J connectivity index is 1.61. The van der Waals surface area contributed by atoms with Crippen molar-refractivity contribution in [3.05, 3.63) is 71.0 Å². The molecular formula is C24H27NO4S. The Morgan fingerprint density at radius 1 is 1.13 bits per heavy atom. The van der Waals surface area contributed by atoms with Gasteiger partial charge in [-0.25, -0.2) is 8.42 Å². The Morgan fingerprint density at radius 3 is 2.53 bits per heavy atom. The number of hydrogen-bond donors (Lipinski definition) is 0. The second-order valence-electron chi connectivity index (χ2n) is 8.19. The van der Waals surface area contributed by atoms with E-state index in [1.54, 1.807) is 11.2 Å². The van der Waals surface area contributed by atoms with Crippen LogP contribution in [0.25, 0.3) is 11.0 Å². The van der Waals surface area contributed by atoms with Gasteiger partial charge in [-0.05, 0) is 43.0 Å². The summed E-state index contributed by atoms with van der Waals surface area (Å²) in [5, 5.41) is 0.956. The minimum Gasteiger partial charge on any atom is -0.464 e. The number of carbonyl (C=O) groups excluding carboxylic acids is 1. The zero-order valence-corrected chi connectivity index (χ0v) is 18.2. The van der Waals surface area contributed by atoms with E-state index in [9.17, 15) is 13.2 Å². The minimum atomic E-state index is -3.09. The van der Waals surface area contributed by atoms with Gasteiger partial charge in [0.25, 0.3) is 0 Å². The molecular weight excluding hydrogens is 398 g/mol. The van der Waals surface area contributed by atoms with E-state index in [1.165, 1.54) is 5.56 Å². The third kappa shape index (κ3) is 4.43. The van der Waals surface area contributed by atoms with Crippen LogP contribution >= 0.6 is 0 Å². The zero-order chi connectivity index (χ0) is 21.3. The van der Waals surface area contributed by atoms with Crippen molar-refractivity contribution in [3.8, 4) is 0 Å². The molecule has 0 radical (unpaired) electrons. The summed E-state index contributed by atoms with van der Waals surface area (Å²) in [6, 6.07) is 13.8. The standard InChI is InChI=1S/C24H27NO4S/c1-3-18-8-9-23-22(12-18)20(15-29-23)13-24(26)25(21-10-11-30(27,28)16-21)14-19-6-4-17(2)5-7-19/h4-9,12,15,21H,3,10-11,13-14,16H2,1-2H3/t21-/m1/s1. The van der Waals surface area contributed by atoms with Crippen LogP contribution in [0, 0.1) is 6.92 Å². The van der Waals surface area contributed by atoms with Crippen LogP contribution in [0.1, 0.15) is 35.6 Å². The molecule has 0 aliphatic carbocycles. The molecule has 2 heterocycles. The van der Waals surface area contributed by atoms with Gasteiger partial charge in [-0.3, -0.25) is 4.79 Å². The topological polar surface area (TPSA) is 67.6 Å². The molecule has 6 heteroatoms. The zero-order valence-electron chi connectivity index (χ0n) is 17.4. The van der Waals surface area contributed by atoms with Crippen LogP contribution in [0.5, 0.6) is 0 Å². The van der Waals surface area contributed by atoms with Crippen molar-refractivity contribution in [1.29, 1.82) is 0 Å². The van der Waals surface area contributed by atoms with Gasteiger partial charge < -0.3 is 9.32 Å². The SMILES string of the molecule is CCc1ccc2occ(CC(=O)N(Cc3ccc(C)cc3)[C@@H]3CCS(=O)(=O)C3)c2c1. The van der Waals surface area contributed by atoms with Gasteiger partial charge >= 0.3 is 0 Å². The van der Waals surface area contributed by atoms with E-state index in [0.717, 1.165) is 34.1 Å². The van der Waals surface area contributed by atoms with Crippen LogP contribution in [-0.2, 0) is 34.0 Å². The summed E-state index contributed by atoms with van der Waals surface area (Å²) in [6.07, 6.45) is 3.25. The van der Waals surface area contributed by atoms with E-state index in [1.807, 2.05) is 43.3 Å². The molecule has 0 unspecified atom stereocenters. The first-order valence-corrected chi connectivity index (χ1v) is 12.2. The first-order valence-electron chi connectivity index (χ1n) is 10.4. The van der Waals surface area contributed by atoms with Crippen LogP contribution in [0.15, 0.2) is 53.1 Å². The van der Waals surface area contributed by atoms with E-state index < -0.39 is 9.84 Å². The van der Waals surface area contributed by atoms with Crippen molar-refractivity contribution in [3.63, 3.8) is 0 Å². The minimum absolute atomic E-state index is 0.0384. The monoisotopic (exact) mass is 425 g/mol. The number of hydrogen-bond acceptors (Lipinski definition) is 4. The summed E-state index contributed by atoms with van der Waals surface area (Å²) in [6.45, 7) is 4.52. The molecule has 1 atom stereocenters. The number of sulfone groups is 1. The van der Waals surface area contributed by atoms with Crippen LogP contribution in [0.4, 0.5) is 0 Å². The smallest absolute Gasteiger partial charge is 0.227 e. The second kappa shape index (κ2) is 8.26. The first-order chi connectivity index (χ1) is 14.3. The highest BCUT2D eigenvalue weighted by atomic mass is 32.2. The van der Waals surface area contributed by atoms with Gasteiger partial charge in [0.1, 0.15) is 5.58 Å². The fraction of sp³-hybridized carbons (Fsp3) is 0.375. The normalized spacial score (nSPS) is 18.0. The highest BCUT2D eigenvalue weighted by molar-refractivity contribution is 7.91. The maximum atomic E-state index is 13.4. The third-order valence-corrected chi connectivity index (χ3v) is 7.66. The molecule has 1 fully saturated rings. The average molecular weight is 426 g/mol. The van der Waals surface area contributed by atoms with Crippen molar-refractivity contribution in [2.45, 2.75) is 45.7 Å². The molecule has 1 saturated heterocycles. The van der Waals surface area contributed by atoms with E-state index in [0.29, 0.717) is 13.0 Å². The quantitative estimate of drug-likeness (QED) is 0.597. The molecule has 0 bridgehead atoms. The highest BCUT2D eigenvalue weighted by Gasteiger charge is 2.34. The van der Waals surface area contributed by atoms with Crippen molar-refractivity contribution < 1.29 is 17.6 Å². The van der Waals surface area contributed by atoms with E-state index in [2.05, 4.69) is 13.0 Å². The predicted molar refractivity (Wildman–Crippen MR) is 118 cm³/mol. The molecule has 0 spiro atoms. The molecule has 0 saturated carbocycles. The van der Waals surface area contributed by atoms with Crippen molar-refractivity contribution in [2.75, 3.05) is 11.5 Å². The number of carbonyl (C=O) groups is 1. The lowest BCUT2D eigenvalue weighted by atomic mass is 10.0. The van der Waals surface area contributed by atoms with E-state index >= 15 is 0 Å². The molecule has 1 amide bonds. The van der Waals surface area contributed by atoms with Crippen molar-refractivity contribution in [2.24, 2.45) is 0 Å². The molecule has 4 rings (SSSR count). The van der Waals surface area contributed by atoms with E-state index in [4.69, 9.17) is 4.42 Å². The Labute approximate surface area is 177 Å². The molecule has 2 aromatic carbocycles. The summed E-state index contributed by atoms with van der Waals surface area (Å²) >= 11 is 0. The fourth-order valence-corrected chi connectivity index (χ4v) is 5.81. The van der Waals surface area contributed by atoms with Gasteiger partial charge in [-0.15, -0.1) is 0 Å². The Morgan fingerprint density at radius 2 is 1.87 bits per heavy atom. The molecule has 30 heavy (non-hydrogen) atoms. The lowest BCUT2D eigenvalue weighted by Crippen LogP contribution is -2.41. The fourth-order valence-electron chi connectivity index (χ4n) is 4.08. The predicted octanol–water partition coefficient (Wildman–Crippen LogP) is 4.06. The van der Waals surface area contributed by atoms with Gasteiger partial charge in [0.2, 0.25) is 5.91 Å². The molecule has 1 aliphatic rings. The second-order valence-corrected chi connectivity index (χ2v) is 10.4. The van der Waals surface area contributed by atoms with Crippen LogP contribution in [0.3, 0.4) is 0 Å². The Bertz CT molecular complexity index is 1160. The first kappa shape index (κ1) is 20.7. The van der Waals surface area contributed by atoms with Gasteiger partial charge in [0, 0.05) is 23.5 Å². The summed E-state index contributed by atoms with van der Waals surface area (Å²) in [4.78, 5) is 15.1. The molecule has 1 aromatic heterocycles. The van der Waals surface area contributed by atoms with Crippen LogP contribution in [0.2, 0.25) is 0 Å². The number of nitrogens with zero attached hydrogens (tertiary/aromatic N) is 1. The number of amides is 1. The number of aryl methyl sites for hydroxylation is 2. The van der Waals surface area contributed by atoms with E-state index in [-0.39, 0.29) is 29.9 Å². The number of rotatable bonds is 6. The maximum Gasteiger partial charge on any atom is 0.227 e. The highest BCUT2D eigenvalue weighted by Crippen LogP contribution is 2.26. The largest absolute Gasteiger partial charge is 0.464 e. The Hall–Kier alpha value is -2.60. The lowest BCUT2D eigenvalue weighted by molar-refractivity contribution is -0.133. The maximum absolute atomic E-state index is 13.4. The summed E-state index contributed by atoms with van der Waals surface area (Å²) in [5.41, 5.74) is 4.96. The third-order valence-electron chi connectivity index (χ3n) is 5.91. The van der Waals surface area contributed by atoms with Gasteiger partial charge in [0.15, 0.2) is 9.84 Å². The summed E-state index contributed by atoms with van der Waals surface area (Å²) in [5.74, 6) is 0.114. The van der Waals surface area contributed by atoms with Gasteiger partial charge in [0.05, 0.1) is 24.2 Å². The number of benzene rings is 2. The van der Waals surface area contributed by atoms with Crippen LogP contribution < -0.4 is 0 Å². The average Bonchev–Trinajstić information content (AvgIpc) is 3.29. The van der Waals surface area contributed by atoms with Crippen molar-refractivity contribution >= 4 is 26.7 Å². The summed E-state index contributed by atoms with van der Waals surface area (Å²) in [7, 11) is -3.09. The molecule has 0 N–H and O–H groups in total. The van der Waals surface area contributed by atoms with Crippen LogP contribution in [-0.4, -0.2) is 36.8 Å². The number of furan rings is 1. The van der Waals surface area contributed by atoms with Crippen molar-refractivity contribution in [1.82, 2.24) is 4.90 Å². The molecule has 158 valence electrons.